The summed E-state index contributed by atoms with van der Waals surface area (Å²) in [5.41, 5.74) is 7.60. The van der Waals surface area contributed by atoms with E-state index >= 15 is 0 Å². The molecule has 0 bridgehead atoms. The number of hydrogen-bond acceptors (Lipinski definition) is 15. The molecular formula is C24H15Al2N3O18. The van der Waals surface area contributed by atoms with Crippen LogP contribution < -0.4 is 47.8 Å². The number of aromatic carboxylic acids is 6. The van der Waals surface area contributed by atoms with Crippen LogP contribution in [0.5, 0.6) is 34.5 Å². The van der Waals surface area contributed by atoms with Crippen LogP contribution in [0.15, 0.2) is 18.2 Å². The second kappa shape index (κ2) is 16.7. The minimum absolute atomic E-state index is 0. The van der Waals surface area contributed by atoms with E-state index in [-0.39, 0.29) is 34.7 Å². The van der Waals surface area contributed by atoms with E-state index in [9.17, 15) is 59.4 Å². The molecule has 0 saturated heterocycles. The van der Waals surface area contributed by atoms with Crippen LogP contribution in [-0.2, 0) is 0 Å². The number of nitrogens with two attached hydrogens (primary N) is 3. The molecule has 3 rings (SSSR count). The van der Waals surface area contributed by atoms with Gasteiger partial charge in [-0.05, 0) is 18.2 Å². The molecule has 0 aliphatic heterocycles. The van der Waals surface area contributed by atoms with Gasteiger partial charge in [-0.15, -0.1) is 0 Å². The molecule has 0 radical (unpaired) electrons. The number of anilines is 3. The first kappa shape index (κ1) is 42.9. The van der Waals surface area contributed by atoms with Crippen LogP contribution in [0, 0.1) is 0 Å². The van der Waals surface area contributed by atoms with Gasteiger partial charge in [0.15, 0.2) is 0 Å². The third-order valence-corrected chi connectivity index (χ3v) is 5.12. The van der Waals surface area contributed by atoms with Crippen molar-refractivity contribution in [2.45, 2.75) is 0 Å². The van der Waals surface area contributed by atoms with E-state index in [1.54, 1.807) is 0 Å². The Morgan fingerprint density at radius 2 is 0.553 bits per heavy atom. The Morgan fingerprint density at radius 3 is 0.681 bits per heavy atom. The van der Waals surface area contributed by atoms with Crippen LogP contribution >= 0.6 is 0 Å². The van der Waals surface area contributed by atoms with E-state index in [2.05, 4.69) is 0 Å². The molecule has 240 valence electrons. The number of nitrogen functional groups attached to an aromatic ring is 3. The van der Waals surface area contributed by atoms with Crippen molar-refractivity contribution in [1.29, 1.82) is 0 Å². The standard InChI is InChI=1S/3C8H7NO6.2Al/c3*9-3-1-2(7(12)13)5(10)4(6(3)11)8(14)15;;/h3*1,10-11H,9H2,(H,12,13)(H,14,15);;/q;;;2*+3/p-6. The van der Waals surface area contributed by atoms with E-state index in [0.29, 0.717) is 18.2 Å². The molecule has 12 N–H and O–H groups in total. The fourth-order valence-electron chi connectivity index (χ4n) is 3.07. The van der Waals surface area contributed by atoms with Crippen molar-refractivity contribution in [2.75, 3.05) is 17.2 Å². The minimum Gasteiger partial charge on any atom is -0.871 e. The van der Waals surface area contributed by atoms with E-state index in [0.717, 1.165) is 0 Å². The van der Waals surface area contributed by atoms with Gasteiger partial charge < -0.3 is 78.5 Å². The van der Waals surface area contributed by atoms with Crippen molar-refractivity contribution in [3.05, 3.63) is 51.6 Å². The number of benzene rings is 3. The molecule has 0 spiro atoms. The maximum Gasteiger partial charge on any atom is 3.00 e. The molecule has 0 aliphatic rings. The van der Waals surface area contributed by atoms with Crippen molar-refractivity contribution in [3.8, 4) is 34.5 Å². The van der Waals surface area contributed by atoms with Gasteiger partial charge in [-0.2, -0.15) is 0 Å². The molecule has 47 heavy (non-hydrogen) atoms. The van der Waals surface area contributed by atoms with Crippen molar-refractivity contribution in [3.63, 3.8) is 0 Å². The Labute approximate surface area is 280 Å². The first-order chi connectivity index (χ1) is 20.6. The van der Waals surface area contributed by atoms with Crippen molar-refractivity contribution in [2.24, 2.45) is 0 Å². The first-order valence-corrected chi connectivity index (χ1v) is 10.9. The van der Waals surface area contributed by atoms with Gasteiger partial charge in [-0.1, -0.05) is 34.5 Å². The van der Waals surface area contributed by atoms with Crippen LogP contribution in [-0.4, -0.2) is 101 Å². The molecule has 0 aliphatic carbocycles. The largest absolute Gasteiger partial charge is 3.00 e. The van der Waals surface area contributed by atoms with Crippen LogP contribution in [0.1, 0.15) is 62.1 Å². The van der Waals surface area contributed by atoms with Gasteiger partial charge in [-0.3, -0.25) is 0 Å². The smallest absolute Gasteiger partial charge is 0.871 e. The number of hydrogen-bond donors (Lipinski definition) is 9. The predicted molar refractivity (Wildman–Crippen MR) is 143 cm³/mol. The average molecular weight is 687 g/mol. The molecular weight excluding hydrogens is 672 g/mol. The van der Waals surface area contributed by atoms with Gasteiger partial charge in [0.25, 0.3) is 0 Å². The molecule has 3 aromatic carbocycles. The molecule has 0 amide bonds. The molecule has 0 aromatic heterocycles. The summed E-state index contributed by atoms with van der Waals surface area (Å²) in [4.78, 5) is 63.1. The van der Waals surface area contributed by atoms with E-state index in [4.69, 9.17) is 47.8 Å². The average Bonchev–Trinajstić information content (AvgIpc) is 2.90. The van der Waals surface area contributed by atoms with Gasteiger partial charge >= 0.3 is 70.5 Å². The number of rotatable bonds is 6. The fraction of sp³-hybridized carbons (Fsp3) is 0. The Hall–Kier alpha value is -6.26. The zero-order valence-corrected chi connectivity index (χ0v) is 25.0. The molecule has 0 unspecified atom stereocenters. The Balaban J connectivity index is 0. The fourth-order valence-corrected chi connectivity index (χ4v) is 3.07. The molecule has 3 aromatic rings. The van der Waals surface area contributed by atoms with E-state index in [1.165, 1.54) is 0 Å². The summed E-state index contributed by atoms with van der Waals surface area (Å²) in [5, 5.41) is 118. The Kier molecular flexibility index (Phi) is 15.2. The topological polar surface area (TPSA) is 440 Å². The summed E-state index contributed by atoms with van der Waals surface area (Å²) < 4.78 is 0. The third kappa shape index (κ3) is 9.37. The molecule has 21 nitrogen and oxygen atoms in total. The second-order valence-electron chi connectivity index (χ2n) is 7.97. The van der Waals surface area contributed by atoms with Gasteiger partial charge in [0.05, 0.1) is 16.7 Å². The summed E-state index contributed by atoms with van der Waals surface area (Å²) in [6, 6.07) is 1.96. The second-order valence-corrected chi connectivity index (χ2v) is 7.97. The monoisotopic (exact) mass is 687 g/mol. The molecule has 0 saturated carbocycles. The van der Waals surface area contributed by atoms with Gasteiger partial charge in [0.1, 0.15) is 0 Å². The maximum atomic E-state index is 11.2. The normalized spacial score (nSPS) is 9.45. The summed E-state index contributed by atoms with van der Waals surface area (Å²) in [6.45, 7) is 0. The number of carboxylic acids is 6. The SMILES string of the molecule is Nc1cc(C(=O)O)c([O-])c(C(=O)O)c1[O-].Nc1cc(C(=O)O)c([O-])c(C(=O)O)c1[O-].Nc1cc(C(=O)O)c([O-])c(C(=O)O)c1[O-].[Al+3].[Al+3]. The van der Waals surface area contributed by atoms with E-state index < -0.39 is 121 Å². The van der Waals surface area contributed by atoms with Crippen molar-refractivity contribution < 1.29 is 90.0 Å². The van der Waals surface area contributed by atoms with Crippen molar-refractivity contribution in [1.82, 2.24) is 0 Å². The van der Waals surface area contributed by atoms with Gasteiger partial charge in [0, 0.05) is 33.8 Å². The zero-order chi connectivity index (χ0) is 35.2. The Bertz CT molecular complexity index is 1570. The molecule has 23 heteroatoms. The molecule has 0 fully saturated rings. The maximum absolute atomic E-state index is 11.2. The Morgan fingerprint density at radius 1 is 0.383 bits per heavy atom. The molecule has 0 heterocycles. The van der Waals surface area contributed by atoms with Crippen LogP contribution in [0.4, 0.5) is 17.1 Å². The van der Waals surface area contributed by atoms with E-state index in [1.807, 2.05) is 0 Å². The van der Waals surface area contributed by atoms with Crippen LogP contribution in [0.3, 0.4) is 0 Å². The van der Waals surface area contributed by atoms with Crippen molar-refractivity contribution >= 4 is 87.6 Å². The predicted octanol–water partition coefficient (Wildman–Crippen LogP) is -4.32. The summed E-state index contributed by atoms with van der Waals surface area (Å²) in [7, 11) is 0. The van der Waals surface area contributed by atoms with Gasteiger partial charge in [-0.25, -0.2) is 28.8 Å². The summed E-state index contributed by atoms with van der Waals surface area (Å²) in [5.74, 6) is -17.8. The summed E-state index contributed by atoms with van der Waals surface area (Å²) >= 11 is 0. The first-order valence-electron chi connectivity index (χ1n) is 10.9. The minimum atomic E-state index is -1.79. The zero-order valence-electron chi connectivity index (χ0n) is 22.7. The number of carboxylic acid groups (broad SMARTS) is 6. The number of carbonyl (C=O) groups is 6. The molecule has 0 atom stereocenters. The summed E-state index contributed by atoms with van der Waals surface area (Å²) in [6.07, 6.45) is 0. The third-order valence-electron chi connectivity index (χ3n) is 5.12. The quantitative estimate of drug-likeness (QED) is 0.0873. The van der Waals surface area contributed by atoms with Gasteiger partial charge in [0.2, 0.25) is 0 Å². The van der Waals surface area contributed by atoms with Crippen LogP contribution in [0.2, 0.25) is 0 Å². The van der Waals surface area contributed by atoms with Crippen LogP contribution in [0.25, 0.3) is 0 Å².